The molecule has 0 fully saturated rings. The molecule has 0 saturated carbocycles. The summed E-state index contributed by atoms with van der Waals surface area (Å²) in [5.41, 5.74) is 2.07. The lowest BCUT2D eigenvalue weighted by atomic mass is 10.2. The molecule has 2 aromatic carbocycles. The van der Waals surface area contributed by atoms with E-state index in [0.717, 1.165) is 16.5 Å². The molecule has 0 N–H and O–H groups in total. The summed E-state index contributed by atoms with van der Waals surface area (Å²) in [7, 11) is -2.01. The normalized spacial score (nSPS) is 11.7. The number of halogens is 2. The van der Waals surface area contributed by atoms with Crippen molar-refractivity contribution in [2.75, 3.05) is 0 Å². The summed E-state index contributed by atoms with van der Waals surface area (Å²) in [6.07, 6.45) is 0. The van der Waals surface area contributed by atoms with Crippen LogP contribution >= 0.6 is 23.2 Å². The second kappa shape index (κ2) is 6.82. The number of nitrogens with zero attached hydrogens (tertiary/aromatic N) is 2. The Labute approximate surface area is 157 Å². The van der Waals surface area contributed by atoms with E-state index in [1.165, 1.54) is 0 Å². The molecule has 0 saturated heterocycles. The first-order valence-corrected chi connectivity index (χ1v) is 12.0. The van der Waals surface area contributed by atoms with Crippen molar-refractivity contribution < 1.29 is 9.22 Å². The number of hydrogen-bond donors (Lipinski definition) is 0. The number of fused-ring (bicyclic) bond motifs is 1. The Balaban J connectivity index is 2.03. The minimum atomic E-state index is -2.01. The fourth-order valence-electron chi connectivity index (χ4n) is 2.54. The lowest BCUT2D eigenvalue weighted by Gasteiger charge is -2.16. The maximum absolute atomic E-state index is 12.5. The number of carbonyl (C=O) groups excluding carboxylic acids is 1. The Morgan fingerprint density at radius 2 is 1.88 bits per heavy atom. The van der Waals surface area contributed by atoms with Crippen LogP contribution in [0, 0.1) is 0 Å². The molecule has 0 spiro atoms. The van der Waals surface area contributed by atoms with Crippen LogP contribution in [0.1, 0.15) is 16.1 Å². The molecule has 0 aliphatic heterocycles. The molecule has 0 bridgehead atoms. The molecule has 0 aliphatic carbocycles. The molecule has 3 rings (SSSR count). The van der Waals surface area contributed by atoms with Crippen molar-refractivity contribution in [3.63, 3.8) is 0 Å². The Morgan fingerprint density at radius 1 is 1.16 bits per heavy atom. The predicted molar refractivity (Wildman–Crippen MR) is 104 cm³/mol. The van der Waals surface area contributed by atoms with Gasteiger partial charge in [0, 0.05) is 15.4 Å². The fraction of sp³-hybridized carbons (Fsp3) is 0.222. The highest BCUT2D eigenvalue weighted by Gasteiger charge is 2.25. The Kier molecular flexibility index (Phi) is 4.91. The van der Waals surface area contributed by atoms with Crippen LogP contribution in [0.25, 0.3) is 10.9 Å². The van der Waals surface area contributed by atoms with Gasteiger partial charge in [-0.05, 0) is 43.4 Å². The van der Waals surface area contributed by atoms with E-state index in [0.29, 0.717) is 22.3 Å². The van der Waals surface area contributed by atoms with Crippen LogP contribution in [0.5, 0.6) is 0 Å². The van der Waals surface area contributed by atoms with Gasteiger partial charge in [0.1, 0.15) is 0 Å². The van der Waals surface area contributed by atoms with Crippen LogP contribution in [0.3, 0.4) is 0 Å². The van der Waals surface area contributed by atoms with Gasteiger partial charge >= 0.3 is 5.97 Å². The Hall–Kier alpha value is -1.82. The highest BCUT2D eigenvalue weighted by molar-refractivity contribution is 6.71. The van der Waals surface area contributed by atoms with Crippen LogP contribution < -0.4 is 0 Å². The summed E-state index contributed by atoms with van der Waals surface area (Å²) in [4.78, 5) is 12.5. The van der Waals surface area contributed by atoms with Crippen LogP contribution in [-0.2, 0) is 11.0 Å². The van der Waals surface area contributed by atoms with Gasteiger partial charge in [-0.3, -0.25) is 4.68 Å². The van der Waals surface area contributed by atoms with E-state index in [1.807, 2.05) is 50.0 Å². The number of benzene rings is 2. The molecule has 0 atom stereocenters. The van der Waals surface area contributed by atoms with E-state index in [1.54, 1.807) is 16.8 Å². The number of para-hydroxylation sites is 1. The van der Waals surface area contributed by atoms with Gasteiger partial charge in [-0.2, -0.15) is 5.10 Å². The first-order chi connectivity index (χ1) is 11.7. The summed E-state index contributed by atoms with van der Waals surface area (Å²) in [6, 6.07) is 13.0. The number of carbonyl (C=O) groups is 1. The van der Waals surface area contributed by atoms with Gasteiger partial charge in [-0.1, -0.05) is 47.5 Å². The average Bonchev–Trinajstić information content (AvgIpc) is 2.87. The minimum absolute atomic E-state index is 0.336. The average molecular weight is 393 g/mol. The number of aromatic nitrogens is 2. The maximum Gasteiger partial charge on any atom is 0.346 e. The lowest BCUT2D eigenvalue weighted by molar-refractivity contribution is 0.0719. The highest BCUT2D eigenvalue weighted by Crippen LogP contribution is 2.25. The van der Waals surface area contributed by atoms with E-state index in [9.17, 15) is 4.79 Å². The molecule has 1 aromatic heterocycles. The molecule has 130 valence electrons. The molecule has 0 radical (unpaired) electrons. The third-order valence-corrected chi connectivity index (χ3v) is 4.97. The van der Waals surface area contributed by atoms with E-state index < -0.39 is 8.32 Å². The lowest BCUT2D eigenvalue weighted by Crippen LogP contribution is -2.29. The summed E-state index contributed by atoms with van der Waals surface area (Å²) in [6.45, 7) is 6.35. The summed E-state index contributed by atoms with van der Waals surface area (Å²) < 4.78 is 7.38. The van der Waals surface area contributed by atoms with Gasteiger partial charge in [-0.15, -0.1) is 0 Å². The third kappa shape index (κ3) is 4.06. The van der Waals surface area contributed by atoms with Crippen molar-refractivity contribution in [1.82, 2.24) is 9.78 Å². The van der Waals surface area contributed by atoms with Crippen LogP contribution in [0.4, 0.5) is 0 Å². The van der Waals surface area contributed by atoms with Gasteiger partial charge in [0.2, 0.25) is 8.32 Å². The van der Waals surface area contributed by atoms with Gasteiger partial charge in [0.25, 0.3) is 0 Å². The fourth-order valence-corrected chi connectivity index (χ4v) is 3.66. The van der Waals surface area contributed by atoms with Gasteiger partial charge in [0.15, 0.2) is 5.69 Å². The zero-order chi connectivity index (χ0) is 18.2. The highest BCUT2D eigenvalue weighted by atomic mass is 35.5. The van der Waals surface area contributed by atoms with Gasteiger partial charge < -0.3 is 4.43 Å². The zero-order valence-electron chi connectivity index (χ0n) is 14.2. The van der Waals surface area contributed by atoms with Crippen LogP contribution in [-0.4, -0.2) is 24.1 Å². The standard InChI is InChI=1S/C18H18Cl2N2O2Si/c1-25(2,3)24-18(23)17-14-6-4-5-7-16(14)22(21-17)11-12-8-9-13(19)10-15(12)20/h4-10H,11H2,1-3H3. The van der Waals surface area contributed by atoms with Crippen LogP contribution in [0.2, 0.25) is 29.7 Å². The van der Waals surface area contributed by atoms with Crippen molar-refractivity contribution >= 4 is 48.4 Å². The molecule has 4 nitrogen and oxygen atoms in total. The van der Waals surface area contributed by atoms with E-state index in [4.69, 9.17) is 27.6 Å². The van der Waals surface area contributed by atoms with Crippen molar-refractivity contribution in [3.8, 4) is 0 Å². The molecule has 1 heterocycles. The van der Waals surface area contributed by atoms with Crippen molar-refractivity contribution in [1.29, 1.82) is 0 Å². The SMILES string of the molecule is C[Si](C)(C)OC(=O)c1nn(Cc2ccc(Cl)cc2Cl)c2ccccc12. The molecule has 0 unspecified atom stereocenters. The molecule has 7 heteroatoms. The first-order valence-electron chi connectivity index (χ1n) is 7.87. The largest absolute Gasteiger partial charge is 0.515 e. The van der Waals surface area contributed by atoms with Gasteiger partial charge in [-0.25, -0.2) is 4.79 Å². The predicted octanol–water partition coefficient (Wildman–Crippen LogP) is 5.38. The van der Waals surface area contributed by atoms with Crippen molar-refractivity contribution in [3.05, 3.63) is 63.8 Å². The van der Waals surface area contributed by atoms with E-state index in [-0.39, 0.29) is 5.97 Å². The van der Waals surface area contributed by atoms with Gasteiger partial charge in [0.05, 0.1) is 12.1 Å². The molecule has 25 heavy (non-hydrogen) atoms. The second-order valence-corrected chi connectivity index (χ2v) is 12.0. The number of hydrogen-bond acceptors (Lipinski definition) is 3. The monoisotopic (exact) mass is 392 g/mol. The summed E-state index contributed by atoms with van der Waals surface area (Å²) >= 11 is 12.2. The second-order valence-electron chi connectivity index (χ2n) is 6.76. The Morgan fingerprint density at radius 3 is 2.56 bits per heavy atom. The Bertz CT molecular complexity index is 948. The van der Waals surface area contributed by atoms with E-state index >= 15 is 0 Å². The van der Waals surface area contributed by atoms with E-state index in [2.05, 4.69) is 5.10 Å². The van der Waals surface area contributed by atoms with Crippen molar-refractivity contribution in [2.45, 2.75) is 26.2 Å². The molecule has 0 aliphatic rings. The smallest absolute Gasteiger partial charge is 0.346 e. The first kappa shape index (κ1) is 18.0. The van der Waals surface area contributed by atoms with Crippen LogP contribution in [0.15, 0.2) is 42.5 Å². The molecular weight excluding hydrogens is 375 g/mol. The quantitative estimate of drug-likeness (QED) is 0.559. The topological polar surface area (TPSA) is 44.1 Å². The molecular formula is C18H18Cl2N2O2Si. The van der Waals surface area contributed by atoms with Crippen molar-refractivity contribution in [2.24, 2.45) is 0 Å². The third-order valence-electron chi connectivity index (χ3n) is 3.59. The zero-order valence-corrected chi connectivity index (χ0v) is 16.7. The molecule has 0 amide bonds. The summed E-state index contributed by atoms with van der Waals surface area (Å²) in [5, 5.41) is 6.43. The minimum Gasteiger partial charge on any atom is -0.515 e. The summed E-state index contributed by atoms with van der Waals surface area (Å²) in [5.74, 6) is -0.378. The number of rotatable bonds is 4. The molecule has 3 aromatic rings. The maximum atomic E-state index is 12.5.